The van der Waals surface area contributed by atoms with Crippen molar-refractivity contribution in [3.63, 3.8) is 0 Å². The Balaban J connectivity index is 1.81. The van der Waals surface area contributed by atoms with Crippen molar-refractivity contribution in [1.29, 1.82) is 0 Å². The predicted molar refractivity (Wildman–Crippen MR) is 147 cm³/mol. The summed E-state index contributed by atoms with van der Waals surface area (Å²) in [5, 5.41) is 0. The van der Waals surface area contributed by atoms with Gasteiger partial charge in [-0.1, -0.05) is 50.3 Å². The molecule has 3 rings (SSSR count). The molecule has 3 aliphatic rings. The average molecular weight is 482 g/mol. The van der Waals surface area contributed by atoms with Gasteiger partial charge in [0.05, 0.1) is 12.3 Å². The second-order valence-corrected chi connectivity index (χ2v) is 11.5. The summed E-state index contributed by atoms with van der Waals surface area (Å²) in [5.74, 6) is 0.809. The molecule has 5 nitrogen and oxygen atoms in total. The highest BCUT2D eigenvalue weighted by molar-refractivity contribution is 6.13. The second-order valence-electron chi connectivity index (χ2n) is 11.5. The Kier molecular flexibility index (Phi) is 9.43. The summed E-state index contributed by atoms with van der Waals surface area (Å²) in [6, 6.07) is 0.209. The van der Waals surface area contributed by atoms with Gasteiger partial charge in [-0.15, -0.1) is 0 Å². The van der Waals surface area contributed by atoms with Crippen molar-refractivity contribution in [1.82, 2.24) is 9.80 Å². The predicted octanol–water partition coefficient (Wildman–Crippen LogP) is 7.08. The lowest BCUT2D eigenvalue weighted by atomic mass is 9.81. The Morgan fingerprint density at radius 1 is 1.17 bits per heavy atom. The molecule has 35 heavy (non-hydrogen) atoms. The van der Waals surface area contributed by atoms with Gasteiger partial charge in [0, 0.05) is 36.9 Å². The molecular formula is C30H47N3O2. The van der Waals surface area contributed by atoms with Gasteiger partial charge in [-0.05, 0) is 78.0 Å². The minimum Gasteiger partial charge on any atom is -0.444 e. The number of piperazine rings is 1. The molecule has 194 valence electrons. The Morgan fingerprint density at radius 2 is 1.89 bits per heavy atom. The summed E-state index contributed by atoms with van der Waals surface area (Å²) >= 11 is 0. The van der Waals surface area contributed by atoms with Crippen LogP contribution in [0.5, 0.6) is 0 Å². The largest absolute Gasteiger partial charge is 0.444 e. The third-order valence-electron chi connectivity index (χ3n) is 7.30. The van der Waals surface area contributed by atoms with Crippen LogP contribution in [0.15, 0.2) is 51.7 Å². The van der Waals surface area contributed by atoms with Gasteiger partial charge < -0.3 is 14.5 Å². The van der Waals surface area contributed by atoms with Crippen molar-refractivity contribution in [2.45, 2.75) is 98.6 Å². The molecular weight excluding hydrogens is 434 g/mol. The Morgan fingerprint density at radius 3 is 2.51 bits per heavy atom. The molecule has 0 aromatic rings. The summed E-state index contributed by atoms with van der Waals surface area (Å²) in [7, 11) is 0. The topological polar surface area (TPSA) is 45.1 Å². The van der Waals surface area contributed by atoms with Crippen LogP contribution in [-0.2, 0) is 4.74 Å². The summed E-state index contributed by atoms with van der Waals surface area (Å²) in [6.07, 6.45) is 16.7. The van der Waals surface area contributed by atoms with Crippen LogP contribution in [0.4, 0.5) is 4.79 Å². The standard InChI is InChI=1S/C30H47N3O2/c1-8-9-15-31-27-20-26(19-25-13-11-10-12-14-25)18-22(2)28(27)24(4)33-17-16-32(21-23(33)3)29(34)35-30(5,6)7/h8-9,18,20,23,25H,10-17,19,21H2,1-7H3/b9-8-,28-24+,31-27?/t23-/m0/s1. The van der Waals surface area contributed by atoms with E-state index in [1.165, 1.54) is 54.5 Å². The molecule has 1 aliphatic heterocycles. The molecule has 2 fully saturated rings. The van der Waals surface area contributed by atoms with E-state index in [1.54, 1.807) is 0 Å². The lowest BCUT2D eigenvalue weighted by Gasteiger charge is -2.42. The second kappa shape index (κ2) is 12.1. The Hall–Kier alpha value is -2.30. The zero-order valence-electron chi connectivity index (χ0n) is 23.2. The fraction of sp³-hybridized carbons (Fsp3) is 0.667. The molecule has 0 aromatic heterocycles. The van der Waals surface area contributed by atoms with Crippen molar-refractivity contribution in [3.8, 4) is 0 Å². The van der Waals surface area contributed by atoms with E-state index in [2.05, 4.69) is 50.0 Å². The summed E-state index contributed by atoms with van der Waals surface area (Å²) in [6.45, 7) is 17.3. The first-order valence-corrected chi connectivity index (χ1v) is 13.6. The van der Waals surface area contributed by atoms with Crippen molar-refractivity contribution >= 4 is 11.8 Å². The Labute approximate surface area is 213 Å². The SMILES string of the molecule is C/C=C\CN=C1C=C(CC2CCCCC2)C=C(C)/C1=C(/C)N1CCN(C(=O)OC(C)(C)C)C[C@@H]1C. The number of amides is 1. The summed E-state index contributed by atoms with van der Waals surface area (Å²) < 4.78 is 5.61. The lowest BCUT2D eigenvalue weighted by molar-refractivity contribution is 0.0101. The number of carbonyl (C=O) groups is 1. The van der Waals surface area contributed by atoms with Crippen LogP contribution in [-0.4, -0.2) is 59.4 Å². The molecule has 1 saturated carbocycles. The summed E-state index contributed by atoms with van der Waals surface area (Å²) in [4.78, 5) is 21.9. The van der Waals surface area contributed by atoms with E-state index in [9.17, 15) is 4.79 Å². The highest BCUT2D eigenvalue weighted by atomic mass is 16.6. The van der Waals surface area contributed by atoms with E-state index in [1.807, 2.05) is 32.6 Å². The summed E-state index contributed by atoms with van der Waals surface area (Å²) in [5.41, 5.74) is 5.86. The van der Waals surface area contributed by atoms with Crippen molar-refractivity contribution in [2.24, 2.45) is 10.9 Å². The molecule has 0 unspecified atom stereocenters. The molecule has 1 atom stereocenters. The normalized spacial score (nSPS) is 25.1. The minimum absolute atomic E-state index is 0.209. The fourth-order valence-corrected chi connectivity index (χ4v) is 5.63. The molecule has 1 amide bonds. The van der Waals surface area contributed by atoms with Crippen LogP contribution >= 0.6 is 0 Å². The first kappa shape index (κ1) is 27.3. The van der Waals surface area contributed by atoms with Gasteiger partial charge in [0.1, 0.15) is 5.60 Å². The van der Waals surface area contributed by atoms with E-state index >= 15 is 0 Å². The average Bonchev–Trinajstić information content (AvgIpc) is 2.78. The first-order valence-electron chi connectivity index (χ1n) is 13.6. The van der Waals surface area contributed by atoms with Gasteiger partial charge in [0.15, 0.2) is 0 Å². The van der Waals surface area contributed by atoms with Crippen molar-refractivity contribution in [2.75, 3.05) is 26.2 Å². The molecule has 0 N–H and O–H groups in total. The van der Waals surface area contributed by atoms with E-state index in [0.29, 0.717) is 19.6 Å². The molecule has 1 saturated heterocycles. The molecule has 1 heterocycles. The maximum Gasteiger partial charge on any atom is 0.410 e. The zero-order valence-corrected chi connectivity index (χ0v) is 23.2. The van der Waals surface area contributed by atoms with E-state index in [4.69, 9.17) is 9.73 Å². The number of aliphatic imine (C=N–C) groups is 1. The van der Waals surface area contributed by atoms with Gasteiger partial charge in [0.25, 0.3) is 0 Å². The van der Waals surface area contributed by atoms with Gasteiger partial charge in [-0.25, -0.2) is 4.79 Å². The maximum atomic E-state index is 12.6. The highest BCUT2D eigenvalue weighted by Crippen LogP contribution is 2.34. The van der Waals surface area contributed by atoms with Crippen molar-refractivity contribution in [3.05, 3.63) is 46.7 Å². The van der Waals surface area contributed by atoms with Gasteiger partial charge in [-0.3, -0.25) is 4.99 Å². The number of ether oxygens (including phenoxy) is 1. The first-order chi connectivity index (χ1) is 16.6. The smallest absolute Gasteiger partial charge is 0.410 e. The molecule has 0 spiro atoms. The molecule has 0 radical (unpaired) electrons. The Bertz CT molecular complexity index is 910. The van der Waals surface area contributed by atoms with Crippen molar-refractivity contribution < 1.29 is 9.53 Å². The number of rotatable bonds is 5. The van der Waals surface area contributed by atoms with Crippen LogP contribution in [0.2, 0.25) is 0 Å². The number of allylic oxidation sites excluding steroid dienone is 7. The van der Waals surface area contributed by atoms with E-state index in [0.717, 1.165) is 24.6 Å². The fourth-order valence-electron chi connectivity index (χ4n) is 5.63. The quantitative estimate of drug-likeness (QED) is 0.394. The highest BCUT2D eigenvalue weighted by Gasteiger charge is 2.31. The molecule has 2 aliphatic carbocycles. The monoisotopic (exact) mass is 481 g/mol. The van der Waals surface area contributed by atoms with Crippen LogP contribution in [0.25, 0.3) is 0 Å². The number of hydrogen-bond acceptors (Lipinski definition) is 4. The van der Waals surface area contributed by atoms with Gasteiger partial charge in [-0.2, -0.15) is 0 Å². The molecule has 5 heteroatoms. The molecule has 0 bridgehead atoms. The van der Waals surface area contributed by atoms with Gasteiger partial charge >= 0.3 is 6.09 Å². The number of nitrogens with zero attached hydrogens (tertiary/aromatic N) is 3. The van der Waals surface area contributed by atoms with Crippen LogP contribution < -0.4 is 0 Å². The molecule has 0 aromatic carbocycles. The number of hydrogen-bond donors (Lipinski definition) is 0. The van der Waals surface area contributed by atoms with Crippen LogP contribution in [0, 0.1) is 5.92 Å². The van der Waals surface area contributed by atoms with E-state index < -0.39 is 5.60 Å². The third kappa shape index (κ3) is 7.59. The van der Waals surface area contributed by atoms with Crippen LogP contribution in [0.3, 0.4) is 0 Å². The lowest BCUT2D eigenvalue weighted by Crippen LogP contribution is -2.54. The van der Waals surface area contributed by atoms with E-state index in [-0.39, 0.29) is 12.1 Å². The zero-order chi connectivity index (χ0) is 25.6. The maximum absolute atomic E-state index is 12.6. The number of carbonyl (C=O) groups excluding carboxylic acids is 1. The minimum atomic E-state index is -0.473. The van der Waals surface area contributed by atoms with Gasteiger partial charge in [0.2, 0.25) is 0 Å². The third-order valence-corrected chi connectivity index (χ3v) is 7.30. The van der Waals surface area contributed by atoms with Crippen LogP contribution in [0.1, 0.15) is 87.0 Å².